The van der Waals surface area contributed by atoms with Gasteiger partial charge in [-0.25, -0.2) is 8.42 Å². The fraction of sp³-hybridized carbons (Fsp3) is 0.364. The third-order valence-corrected chi connectivity index (χ3v) is 7.93. The predicted octanol–water partition coefficient (Wildman–Crippen LogP) is 4.11. The van der Waals surface area contributed by atoms with E-state index in [2.05, 4.69) is 17.2 Å². The molecule has 3 aromatic rings. The van der Waals surface area contributed by atoms with E-state index in [-0.39, 0.29) is 23.5 Å². The molecule has 2 heterocycles. The number of sulfone groups is 1. The minimum absolute atomic E-state index is 0.221. The first kappa shape index (κ1) is 19.6. The maximum atomic E-state index is 12.9. The van der Waals surface area contributed by atoms with E-state index in [0.29, 0.717) is 16.4 Å². The van der Waals surface area contributed by atoms with Gasteiger partial charge in [0.15, 0.2) is 21.2 Å². The highest BCUT2D eigenvalue weighted by Crippen LogP contribution is 2.31. The van der Waals surface area contributed by atoms with Gasteiger partial charge in [0.2, 0.25) is 0 Å². The van der Waals surface area contributed by atoms with Crippen molar-refractivity contribution in [3.63, 3.8) is 0 Å². The van der Waals surface area contributed by atoms with E-state index in [0.717, 1.165) is 36.6 Å². The molecule has 1 amide bonds. The summed E-state index contributed by atoms with van der Waals surface area (Å²) >= 11 is 0. The van der Waals surface area contributed by atoms with Crippen LogP contribution >= 0.6 is 0 Å². The Kier molecular flexibility index (Phi) is 5.41. The summed E-state index contributed by atoms with van der Waals surface area (Å²) in [5, 5.41) is 3.33. The lowest BCUT2D eigenvalue weighted by molar-refractivity contribution is 0.0925. The van der Waals surface area contributed by atoms with Gasteiger partial charge >= 0.3 is 0 Å². The Balaban J connectivity index is 1.39. The van der Waals surface area contributed by atoms with Crippen LogP contribution in [0.15, 0.2) is 58.1 Å². The number of nitrogens with one attached hydrogen (secondary N) is 1. The molecule has 1 aliphatic carbocycles. The Morgan fingerprint density at radius 1 is 1.14 bits per heavy atom. The highest BCUT2D eigenvalue weighted by molar-refractivity contribution is 7.92. The van der Waals surface area contributed by atoms with E-state index in [4.69, 9.17) is 4.42 Å². The quantitative estimate of drug-likeness (QED) is 0.681. The van der Waals surface area contributed by atoms with Gasteiger partial charge in [-0.1, -0.05) is 19.1 Å². The molecule has 0 radical (unpaired) electrons. The molecule has 7 heteroatoms. The third kappa shape index (κ3) is 4.19. The first-order chi connectivity index (χ1) is 13.9. The summed E-state index contributed by atoms with van der Waals surface area (Å²) in [7, 11) is -3.30. The zero-order valence-corrected chi connectivity index (χ0v) is 17.1. The average molecular weight is 413 g/mol. The molecule has 0 bridgehead atoms. The fourth-order valence-electron chi connectivity index (χ4n) is 3.79. The molecule has 0 atom stereocenters. The molecular weight excluding hydrogens is 388 g/mol. The number of carbonyl (C=O) groups is 1. The minimum atomic E-state index is -3.30. The zero-order chi connectivity index (χ0) is 20.4. The molecule has 6 nitrogen and oxygen atoms in total. The number of nitrogens with zero attached hydrogens (tertiary/aromatic N) is 1. The van der Waals surface area contributed by atoms with Crippen LogP contribution in [-0.4, -0.2) is 24.6 Å². The van der Waals surface area contributed by atoms with Gasteiger partial charge in [0.1, 0.15) is 0 Å². The van der Waals surface area contributed by atoms with Gasteiger partial charge in [-0.05, 0) is 61.4 Å². The molecule has 152 valence electrons. The van der Waals surface area contributed by atoms with E-state index < -0.39 is 9.84 Å². The van der Waals surface area contributed by atoms with Crippen molar-refractivity contribution in [2.45, 2.75) is 49.3 Å². The number of aromatic nitrogens is 1. The van der Waals surface area contributed by atoms with E-state index in [1.165, 1.54) is 0 Å². The minimum Gasteiger partial charge on any atom is -0.449 e. The number of hydrogen-bond acceptors (Lipinski definition) is 5. The Bertz CT molecular complexity index is 1080. The van der Waals surface area contributed by atoms with E-state index in [1.807, 2.05) is 0 Å². The maximum absolute atomic E-state index is 12.9. The SMILES string of the molecule is CC1CCC(S(=O)(=O)c2ccc(CNC(=O)c3cc4ccncc4o3)cc2)CC1. The van der Waals surface area contributed by atoms with Crippen LogP contribution in [0.2, 0.25) is 0 Å². The molecule has 1 saturated carbocycles. The van der Waals surface area contributed by atoms with Crippen molar-refractivity contribution in [1.82, 2.24) is 10.3 Å². The zero-order valence-electron chi connectivity index (χ0n) is 16.3. The predicted molar refractivity (Wildman–Crippen MR) is 110 cm³/mol. The number of hydrogen-bond donors (Lipinski definition) is 1. The van der Waals surface area contributed by atoms with Gasteiger partial charge in [-0.15, -0.1) is 0 Å². The summed E-state index contributed by atoms with van der Waals surface area (Å²) in [6, 6.07) is 10.2. The molecule has 4 rings (SSSR count). The Labute approximate surface area is 170 Å². The maximum Gasteiger partial charge on any atom is 0.287 e. The lowest BCUT2D eigenvalue weighted by Gasteiger charge is -2.26. The normalized spacial score (nSPS) is 19.9. The Morgan fingerprint density at radius 3 is 2.55 bits per heavy atom. The van der Waals surface area contributed by atoms with Gasteiger partial charge in [0.05, 0.1) is 16.3 Å². The van der Waals surface area contributed by atoms with Crippen molar-refractivity contribution in [2.24, 2.45) is 5.92 Å². The molecule has 0 saturated heterocycles. The number of rotatable bonds is 5. The average Bonchev–Trinajstić information content (AvgIpc) is 3.17. The van der Waals surface area contributed by atoms with Crippen LogP contribution in [0.25, 0.3) is 11.0 Å². The molecule has 1 aliphatic rings. The summed E-state index contributed by atoms with van der Waals surface area (Å²) in [6.45, 7) is 2.46. The number of pyridine rings is 1. The molecule has 0 aliphatic heterocycles. The second-order valence-electron chi connectivity index (χ2n) is 7.78. The van der Waals surface area contributed by atoms with Gasteiger partial charge in [0.25, 0.3) is 5.91 Å². The van der Waals surface area contributed by atoms with Crippen molar-refractivity contribution in [1.29, 1.82) is 0 Å². The van der Waals surface area contributed by atoms with E-state index >= 15 is 0 Å². The van der Waals surface area contributed by atoms with Crippen molar-refractivity contribution in [2.75, 3.05) is 0 Å². The number of fused-ring (bicyclic) bond motifs is 1. The van der Waals surface area contributed by atoms with Crippen molar-refractivity contribution in [3.8, 4) is 0 Å². The molecular formula is C22H24N2O4S. The summed E-state index contributed by atoms with van der Waals surface area (Å²) in [6.07, 6.45) is 6.60. The topological polar surface area (TPSA) is 89.3 Å². The number of benzene rings is 1. The molecule has 1 fully saturated rings. The summed E-state index contributed by atoms with van der Waals surface area (Å²) in [5.41, 5.74) is 1.39. The first-order valence-corrected chi connectivity index (χ1v) is 11.4. The first-order valence-electron chi connectivity index (χ1n) is 9.88. The highest BCUT2D eigenvalue weighted by Gasteiger charge is 2.30. The van der Waals surface area contributed by atoms with Crippen LogP contribution in [0.3, 0.4) is 0 Å². The lowest BCUT2D eigenvalue weighted by atomic mass is 9.91. The number of amides is 1. The van der Waals surface area contributed by atoms with E-state index in [1.54, 1.807) is 48.8 Å². The Morgan fingerprint density at radius 2 is 1.86 bits per heavy atom. The molecule has 0 spiro atoms. The molecule has 1 N–H and O–H groups in total. The van der Waals surface area contributed by atoms with Gasteiger partial charge < -0.3 is 9.73 Å². The second-order valence-corrected chi connectivity index (χ2v) is 10.0. The largest absolute Gasteiger partial charge is 0.449 e. The fourth-order valence-corrected chi connectivity index (χ4v) is 5.59. The molecule has 2 aromatic heterocycles. The summed E-state index contributed by atoms with van der Waals surface area (Å²) in [5.74, 6) is 0.503. The number of carbonyl (C=O) groups excluding carboxylic acids is 1. The standard InChI is InChI=1S/C22H24N2O4S/c1-15-2-6-18(7-3-15)29(26,27)19-8-4-16(5-9-19)13-24-22(25)20-12-17-10-11-23-14-21(17)28-20/h4-5,8-12,14-15,18H,2-3,6-7,13H2,1H3,(H,24,25). The lowest BCUT2D eigenvalue weighted by Crippen LogP contribution is -2.26. The smallest absolute Gasteiger partial charge is 0.287 e. The van der Waals surface area contributed by atoms with Crippen LogP contribution in [-0.2, 0) is 16.4 Å². The van der Waals surface area contributed by atoms with Crippen molar-refractivity contribution < 1.29 is 17.6 Å². The summed E-state index contributed by atoms with van der Waals surface area (Å²) in [4.78, 5) is 16.7. The van der Waals surface area contributed by atoms with Gasteiger partial charge in [0, 0.05) is 18.1 Å². The molecule has 1 aromatic carbocycles. The molecule has 29 heavy (non-hydrogen) atoms. The number of furan rings is 1. The highest BCUT2D eigenvalue weighted by atomic mass is 32.2. The monoisotopic (exact) mass is 412 g/mol. The Hall–Kier alpha value is -2.67. The van der Waals surface area contributed by atoms with Crippen LogP contribution in [0, 0.1) is 5.92 Å². The van der Waals surface area contributed by atoms with Crippen LogP contribution in [0.1, 0.15) is 48.7 Å². The third-order valence-electron chi connectivity index (χ3n) is 5.65. The van der Waals surface area contributed by atoms with Gasteiger partial charge in [-0.2, -0.15) is 0 Å². The van der Waals surface area contributed by atoms with E-state index in [9.17, 15) is 13.2 Å². The molecule has 0 unspecified atom stereocenters. The van der Waals surface area contributed by atoms with Gasteiger partial charge in [-0.3, -0.25) is 9.78 Å². The second kappa shape index (κ2) is 7.99. The van der Waals surface area contributed by atoms with Crippen molar-refractivity contribution in [3.05, 3.63) is 60.1 Å². The van der Waals surface area contributed by atoms with Crippen LogP contribution in [0.4, 0.5) is 0 Å². The van der Waals surface area contributed by atoms with Crippen molar-refractivity contribution >= 4 is 26.7 Å². The summed E-state index contributed by atoms with van der Waals surface area (Å²) < 4.78 is 31.2. The van der Waals surface area contributed by atoms with Crippen LogP contribution in [0.5, 0.6) is 0 Å². The van der Waals surface area contributed by atoms with Crippen LogP contribution < -0.4 is 5.32 Å².